The molecule has 0 radical (unpaired) electrons. The topological polar surface area (TPSA) is 46.5 Å². The van der Waals surface area contributed by atoms with Gasteiger partial charge in [-0.15, -0.1) is 0 Å². The fourth-order valence-corrected chi connectivity index (χ4v) is 2.30. The molecule has 1 N–H and O–H groups in total. The minimum Gasteiger partial charge on any atom is -0.486 e. The SMILES string of the molecule is O=C(O)c1cc2c(cc1OCC(F)(F)C(F)(F)F)CCCC2. The number of aromatic carboxylic acids is 1. The molecule has 1 aliphatic carbocycles. The number of carboxylic acid groups (broad SMARTS) is 1. The van der Waals surface area contributed by atoms with Crippen molar-refractivity contribution in [1.82, 2.24) is 0 Å². The second kappa shape index (κ2) is 5.73. The summed E-state index contributed by atoms with van der Waals surface area (Å²) in [7, 11) is 0. The number of halogens is 5. The van der Waals surface area contributed by atoms with Crippen molar-refractivity contribution in [3.8, 4) is 5.75 Å². The summed E-state index contributed by atoms with van der Waals surface area (Å²) in [6, 6.07) is 2.54. The first kappa shape index (κ1) is 16.5. The zero-order valence-corrected chi connectivity index (χ0v) is 11.3. The number of carboxylic acids is 1. The number of hydrogen-bond acceptors (Lipinski definition) is 2. The lowest BCUT2D eigenvalue weighted by Crippen LogP contribution is -2.41. The summed E-state index contributed by atoms with van der Waals surface area (Å²) in [6.07, 6.45) is -2.77. The fraction of sp³-hybridized carbons (Fsp3) is 0.500. The number of aryl methyl sites for hydroxylation is 2. The molecule has 0 spiro atoms. The van der Waals surface area contributed by atoms with E-state index in [0.717, 1.165) is 24.0 Å². The maximum Gasteiger partial charge on any atom is 0.456 e. The van der Waals surface area contributed by atoms with Crippen LogP contribution in [0.3, 0.4) is 0 Å². The van der Waals surface area contributed by atoms with Crippen LogP contribution in [0.25, 0.3) is 0 Å². The molecule has 0 saturated heterocycles. The molecule has 2 rings (SSSR count). The maximum atomic E-state index is 12.9. The Labute approximate surface area is 122 Å². The van der Waals surface area contributed by atoms with E-state index in [1.807, 2.05) is 0 Å². The lowest BCUT2D eigenvalue weighted by molar-refractivity contribution is -0.290. The van der Waals surface area contributed by atoms with E-state index in [1.54, 1.807) is 0 Å². The lowest BCUT2D eigenvalue weighted by atomic mass is 9.90. The molecule has 0 amide bonds. The first-order valence-corrected chi connectivity index (χ1v) is 6.58. The quantitative estimate of drug-likeness (QED) is 0.856. The second-order valence-corrected chi connectivity index (χ2v) is 5.12. The van der Waals surface area contributed by atoms with E-state index in [0.29, 0.717) is 12.8 Å². The van der Waals surface area contributed by atoms with Crippen molar-refractivity contribution in [3.05, 3.63) is 28.8 Å². The molecule has 0 aliphatic heterocycles. The smallest absolute Gasteiger partial charge is 0.456 e. The highest BCUT2D eigenvalue weighted by Gasteiger charge is 2.58. The van der Waals surface area contributed by atoms with Gasteiger partial charge in [0.15, 0.2) is 6.61 Å². The van der Waals surface area contributed by atoms with Crippen LogP contribution in [0.15, 0.2) is 12.1 Å². The van der Waals surface area contributed by atoms with Crippen LogP contribution in [0.2, 0.25) is 0 Å². The van der Waals surface area contributed by atoms with Crippen LogP contribution in [0, 0.1) is 0 Å². The van der Waals surface area contributed by atoms with E-state index in [9.17, 15) is 26.7 Å². The molecule has 0 bridgehead atoms. The molecule has 0 aromatic heterocycles. The number of hydrogen-bond donors (Lipinski definition) is 1. The van der Waals surface area contributed by atoms with Crippen LogP contribution >= 0.6 is 0 Å². The Bertz CT molecular complexity index is 581. The van der Waals surface area contributed by atoms with Gasteiger partial charge in [-0.2, -0.15) is 22.0 Å². The lowest BCUT2D eigenvalue weighted by Gasteiger charge is -2.22. The normalized spacial score (nSPS) is 15.3. The van der Waals surface area contributed by atoms with Crippen molar-refractivity contribution in [3.63, 3.8) is 0 Å². The van der Waals surface area contributed by atoms with E-state index in [4.69, 9.17) is 5.11 Å². The van der Waals surface area contributed by atoms with Crippen LogP contribution in [0.4, 0.5) is 22.0 Å². The molecule has 1 aromatic rings. The van der Waals surface area contributed by atoms with Gasteiger partial charge < -0.3 is 9.84 Å². The zero-order valence-electron chi connectivity index (χ0n) is 11.3. The van der Waals surface area contributed by atoms with Crippen LogP contribution < -0.4 is 4.74 Å². The molecule has 1 aliphatic rings. The van der Waals surface area contributed by atoms with E-state index >= 15 is 0 Å². The molecule has 22 heavy (non-hydrogen) atoms. The van der Waals surface area contributed by atoms with Crippen molar-refractivity contribution in [2.24, 2.45) is 0 Å². The van der Waals surface area contributed by atoms with Crippen LogP contribution in [0.1, 0.15) is 34.3 Å². The third kappa shape index (κ3) is 3.31. The Morgan fingerprint density at radius 1 is 1.09 bits per heavy atom. The van der Waals surface area contributed by atoms with Gasteiger partial charge in [-0.3, -0.25) is 0 Å². The van der Waals surface area contributed by atoms with Crippen molar-refractivity contribution in [1.29, 1.82) is 0 Å². The van der Waals surface area contributed by atoms with Gasteiger partial charge in [-0.1, -0.05) is 0 Å². The number of benzene rings is 1. The third-order valence-corrected chi connectivity index (χ3v) is 3.50. The van der Waals surface area contributed by atoms with Crippen molar-refractivity contribution >= 4 is 5.97 Å². The minimum absolute atomic E-state index is 0.404. The van der Waals surface area contributed by atoms with Gasteiger partial charge in [0, 0.05) is 0 Å². The van der Waals surface area contributed by atoms with Gasteiger partial charge >= 0.3 is 18.1 Å². The standard InChI is InChI=1S/C14H13F5O3/c15-13(16,14(17,18)19)7-22-11-6-9-4-2-1-3-8(9)5-10(11)12(20)21/h5-6H,1-4,7H2,(H,20,21). The van der Waals surface area contributed by atoms with Gasteiger partial charge in [0.25, 0.3) is 0 Å². The van der Waals surface area contributed by atoms with Gasteiger partial charge in [-0.25, -0.2) is 4.79 Å². The number of ether oxygens (including phenoxy) is 1. The van der Waals surface area contributed by atoms with E-state index in [-0.39, 0.29) is 0 Å². The summed E-state index contributed by atoms with van der Waals surface area (Å²) in [4.78, 5) is 11.1. The van der Waals surface area contributed by atoms with Crippen molar-refractivity contribution in [2.75, 3.05) is 6.61 Å². The summed E-state index contributed by atoms with van der Waals surface area (Å²) < 4.78 is 66.7. The van der Waals surface area contributed by atoms with Crippen molar-refractivity contribution < 1.29 is 36.6 Å². The molecule has 1 aromatic carbocycles. The highest BCUT2D eigenvalue weighted by Crippen LogP contribution is 2.37. The van der Waals surface area contributed by atoms with Crippen LogP contribution in [-0.2, 0) is 12.8 Å². The summed E-state index contributed by atoms with van der Waals surface area (Å²) in [5.74, 6) is -6.94. The Hall–Kier alpha value is -1.86. The molecule has 122 valence electrons. The number of alkyl halides is 5. The van der Waals surface area contributed by atoms with Crippen LogP contribution in [0.5, 0.6) is 5.75 Å². The molecule has 0 heterocycles. The minimum atomic E-state index is -5.75. The molecule has 0 atom stereocenters. The van der Waals surface area contributed by atoms with Gasteiger partial charge in [0.05, 0.1) is 0 Å². The molecule has 3 nitrogen and oxygen atoms in total. The average molecular weight is 324 g/mol. The average Bonchev–Trinajstić information content (AvgIpc) is 2.42. The summed E-state index contributed by atoms with van der Waals surface area (Å²) in [5.41, 5.74) is 1.08. The van der Waals surface area contributed by atoms with E-state index in [1.165, 1.54) is 12.1 Å². The molecule has 8 heteroatoms. The monoisotopic (exact) mass is 324 g/mol. The van der Waals surface area contributed by atoms with E-state index < -0.39 is 36.0 Å². The Balaban J connectivity index is 2.28. The first-order chi connectivity index (χ1) is 10.1. The summed E-state index contributed by atoms with van der Waals surface area (Å²) in [6.45, 7) is -1.95. The maximum absolute atomic E-state index is 12.9. The Morgan fingerprint density at radius 2 is 1.64 bits per heavy atom. The molecular formula is C14H13F5O3. The molecular weight excluding hydrogens is 311 g/mol. The highest BCUT2D eigenvalue weighted by molar-refractivity contribution is 5.91. The molecule has 0 saturated carbocycles. The number of carbonyl (C=O) groups is 1. The number of fused-ring (bicyclic) bond motifs is 1. The predicted molar refractivity (Wildman–Crippen MR) is 66.5 cm³/mol. The van der Waals surface area contributed by atoms with Gasteiger partial charge in [0.2, 0.25) is 0 Å². The Morgan fingerprint density at radius 3 is 2.14 bits per heavy atom. The fourth-order valence-electron chi connectivity index (χ4n) is 2.30. The first-order valence-electron chi connectivity index (χ1n) is 6.58. The Kier molecular flexibility index (Phi) is 4.30. The number of rotatable bonds is 4. The largest absolute Gasteiger partial charge is 0.486 e. The summed E-state index contributed by atoms with van der Waals surface area (Å²) >= 11 is 0. The van der Waals surface area contributed by atoms with Gasteiger partial charge in [-0.05, 0) is 48.9 Å². The third-order valence-electron chi connectivity index (χ3n) is 3.50. The molecule has 0 fully saturated rings. The predicted octanol–water partition coefficient (Wildman–Crippen LogP) is 3.84. The van der Waals surface area contributed by atoms with Crippen LogP contribution in [-0.4, -0.2) is 29.8 Å². The van der Waals surface area contributed by atoms with E-state index in [2.05, 4.69) is 4.74 Å². The van der Waals surface area contributed by atoms with Gasteiger partial charge in [0.1, 0.15) is 11.3 Å². The highest BCUT2D eigenvalue weighted by atomic mass is 19.4. The summed E-state index contributed by atoms with van der Waals surface area (Å²) in [5, 5.41) is 9.07. The molecule has 0 unspecified atom stereocenters. The second-order valence-electron chi connectivity index (χ2n) is 5.12. The zero-order chi connectivity index (χ0) is 16.5. The van der Waals surface area contributed by atoms with Crippen molar-refractivity contribution in [2.45, 2.75) is 37.8 Å².